The van der Waals surface area contributed by atoms with E-state index in [1.807, 2.05) is 45.0 Å². The summed E-state index contributed by atoms with van der Waals surface area (Å²) >= 11 is 0. The summed E-state index contributed by atoms with van der Waals surface area (Å²) in [5, 5.41) is 12.5. The zero-order valence-corrected chi connectivity index (χ0v) is 22.4. The minimum atomic E-state index is -1.29. The van der Waals surface area contributed by atoms with Crippen LogP contribution in [0, 0.1) is 17.1 Å². The lowest BCUT2D eigenvalue weighted by Gasteiger charge is -2.43. The van der Waals surface area contributed by atoms with E-state index < -0.39 is 29.7 Å². The summed E-state index contributed by atoms with van der Waals surface area (Å²) < 4.78 is 39.0. The van der Waals surface area contributed by atoms with Crippen molar-refractivity contribution in [1.82, 2.24) is 10.2 Å². The van der Waals surface area contributed by atoms with Crippen LogP contribution in [0.1, 0.15) is 43.4 Å². The second-order valence-corrected chi connectivity index (χ2v) is 10.6. The minimum absolute atomic E-state index is 0.0461. The molecule has 2 aromatic carbocycles. The highest BCUT2D eigenvalue weighted by Gasteiger charge is 2.58. The maximum atomic E-state index is 13.9. The Labute approximate surface area is 223 Å². The number of rotatable bonds is 10. The van der Waals surface area contributed by atoms with Crippen LogP contribution in [0.5, 0.6) is 0 Å². The molecule has 1 amide bonds. The van der Waals surface area contributed by atoms with E-state index in [-0.39, 0.29) is 37.8 Å². The maximum absolute atomic E-state index is 13.9. The molecule has 9 heteroatoms. The molecule has 1 aliphatic carbocycles. The fourth-order valence-electron chi connectivity index (χ4n) is 5.06. The van der Waals surface area contributed by atoms with Crippen LogP contribution in [0.4, 0.5) is 4.39 Å². The molecule has 1 heterocycles. The Bertz CT molecular complexity index is 1170. The topological polar surface area (TPSA) is 93.1 Å². The molecule has 0 spiro atoms. The van der Waals surface area contributed by atoms with Crippen LogP contribution >= 0.6 is 0 Å². The number of fused-ring (bicyclic) bond motifs is 1. The first-order valence-corrected chi connectivity index (χ1v) is 12.9. The molecule has 204 valence electrons. The van der Waals surface area contributed by atoms with Gasteiger partial charge in [0, 0.05) is 25.9 Å². The van der Waals surface area contributed by atoms with Gasteiger partial charge in [-0.05, 0) is 57.3 Å². The van der Waals surface area contributed by atoms with Gasteiger partial charge in [0.25, 0.3) is 5.91 Å². The summed E-state index contributed by atoms with van der Waals surface area (Å²) in [5.74, 6) is -1.50. The van der Waals surface area contributed by atoms with Crippen molar-refractivity contribution in [3.63, 3.8) is 0 Å². The molecular weight excluding hydrogens is 489 g/mol. The normalized spacial score (nSPS) is 26.1. The molecule has 8 nitrogen and oxygen atoms in total. The molecule has 2 aliphatic rings. The number of amides is 1. The van der Waals surface area contributed by atoms with E-state index in [2.05, 4.69) is 11.4 Å². The van der Waals surface area contributed by atoms with Crippen molar-refractivity contribution in [2.75, 3.05) is 27.2 Å². The number of nitrogens with one attached hydrogen (secondary N) is 1. The lowest BCUT2D eigenvalue weighted by atomic mass is 9.78. The van der Waals surface area contributed by atoms with E-state index in [9.17, 15) is 14.4 Å². The number of carbonyl (C=O) groups excluding carboxylic acids is 1. The Morgan fingerprint density at radius 1 is 1.16 bits per heavy atom. The molecule has 0 bridgehead atoms. The molecule has 0 aromatic heterocycles. The van der Waals surface area contributed by atoms with Crippen molar-refractivity contribution >= 4 is 5.91 Å². The molecule has 1 saturated heterocycles. The van der Waals surface area contributed by atoms with Gasteiger partial charge in [0.1, 0.15) is 11.9 Å². The van der Waals surface area contributed by atoms with Gasteiger partial charge in [-0.3, -0.25) is 4.79 Å². The van der Waals surface area contributed by atoms with Crippen molar-refractivity contribution in [3.05, 3.63) is 71.0 Å². The predicted octanol–water partition coefficient (Wildman–Crippen LogP) is 3.53. The number of carbonyl (C=O) groups is 1. The molecule has 1 saturated carbocycles. The lowest BCUT2D eigenvalue weighted by Crippen LogP contribution is -2.60. The number of nitriles is 1. The predicted molar refractivity (Wildman–Crippen MR) is 138 cm³/mol. The first kappa shape index (κ1) is 28.1. The second-order valence-electron chi connectivity index (χ2n) is 10.6. The van der Waals surface area contributed by atoms with Gasteiger partial charge >= 0.3 is 0 Å². The van der Waals surface area contributed by atoms with Gasteiger partial charge in [-0.15, -0.1) is 0 Å². The van der Waals surface area contributed by atoms with Crippen molar-refractivity contribution in [3.8, 4) is 6.07 Å². The van der Waals surface area contributed by atoms with E-state index in [0.29, 0.717) is 24.2 Å². The van der Waals surface area contributed by atoms with E-state index in [0.717, 1.165) is 5.56 Å². The third kappa shape index (κ3) is 6.76. The van der Waals surface area contributed by atoms with Crippen LogP contribution in [0.2, 0.25) is 0 Å². The zero-order chi connectivity index (χ0) is 27.3. The lowest BCUT2D eigenvalue weighted by molar-refractivity contribution is -0.183. The average Bonchev–Trinajstić information content (AvgIpc) is 3.19. The number of hydrogen-bond acceptors (Lipinski definition) is 7. The number of hydrogen-bond donors (Lipinski definition) is 1. The number of likely N-dealkylation sites (N-methyl/N-ethyl adjacent to an activating group) is 1. The summed E-state index contributed by atoms with van der Waals surface area (Å²) in [4.78, 5) is 15.7. The Morgan fingerprint density at radius 2 is 1.95 bits per heavy atom. The van der Waals surface area contributed by atoms with Crippen molar-refractivity contribution in [2.45, 2.75) is 69.6 Å². The Morgan fingerprint density at radius 3 is 2.68 bits per heavy atom. The summed E-state index contributed by atoms with van der Waals surface area (Å²) in [5.41, 5.74) is 0.607. The standard InChI is InChI=1S/C29H36FN3O5/c1-28(2)37-25-16-29(27(34)32-12-13-33(3)4,36-18-20-8-7-11-23(30)14-20)15-24(26(25)38-28)35-19-22-10-6-5-9-21(22)17-31/h5-11,14,24-26H,12-13,15-16,18-19H2,1-4H3,(H,32,34)/t24-,25-,26+,29-/m1/s1. The second kappa shape index (κ2) is 11.9. The molecule has 2 fully saturated rings. The van der Waals surface area contributed by atoms with Crippen LogP contribution in [-0.4, -0.2) is 67.7 Å². The summed E-state index contributed by atoms with van der Waals surface area (Å²) in [6.07, 6.45) is -0.944. The van der Waals surface area contributed by atoms with Crippen LogP contribution in [0.3, 0.4) is 0 Å². The number of benzene rings is 2. The van der Waals surface area contributed by atoms with Crippen LogP contribution in [-0.2, 0) is 37.0 Å². The van der Waals surface area contributed by atoms with Crippen molar-refractivity contribution < 1.29 is 28.1 Å². The van der Waals surface area contributed by atoms with E-state index in [4.69, 9.17) is 18.9 Å². The van der Waals surface area contributed by atoms with E-state index in [1.54, 1.807) is 24.3 Å². The van der Waals surface area contributed by atoms with E-state index >= 15 is 0 Å². The van der Waals surface area contributed by atoms with Crippen molar-refractivity contribution in [1.29, 1.82) is 5.26 Å². The monoisotopic (exact) mass is 525 g/mol. The summed E-state index contributed by atoms with van der Waals surface area (Å²) in [6, 6.07) is 15.6. The highest BCUT2D eigenvalue weighted by Crippen LogP contribution is 2.44. The Kier molecular flexibility index (Phi) is 8.81. The van der Waals surface area contributed by atoms with Gasteiger partial charge in [-0.25, -0.2) is 4.39 Å². The molecule has 0 radical (unpaired) electrons. The smallest absolute Gasteiger partial charge is 0.252 e. The number of ether oxygens (including phenoxy) is 4. The first-order chi connectivity index (χ1) is 18.1. The molecule has 4 atom stereocenters. The minimum Gasteiger partial charge on any atom is -0.371 e. The molecule has 1 N–H and O–H groups in total. The van der Waals surface area contributed by atoms with Crippen molar-refractivity contribution in [2.24, 2.45) is 0 Å². The Hall–Kier alpha value is -2.87. The third-order valence-electron chi connectivity index (χ3n) is 6.90. The SMILES string of the molecule is CN(C)CCNC(=O)[C@@]1(OCc2cccc(F)c2)C[C@@H](OCc2ccccc2C#N)[C@@H]2OC(C)(C)O[C@@H]2C1. The fourth-order valence-corrected chi connectivity index (χ4v) is 5.06. The third-order valence-corrected chi connectivity index (χ3v) is 6.90. The van der Waals surface area contributed by atoms with Gasteiger partial charge in [0.2, 0.25) is 0 Å². The highest BCUT2D eigenvalue weighted by molar-refractivity contribution is 5.85. The fraction of sp³-hybridized carbons (Fsp3) is 0.517. The molecule has 1 aliphatic heterocycles. The summed E-state index contributed by atoms with van der Waals surface area (Å²) in [6.45, 7) is 4.98. The van der Waals surface area contributed by atoms with Gasteiger partial charge in [0.15, 0.2) is 11.4 Å². The van der Waals surface area contributed by atoms with Gasteiger partial charge < -0.3 is 29.2 Å². The van der Waals surface area contributed by atoms with Crippen LogP contribution in [0.15, 0.2) is 48.5 Å². The maximum Gasteiger partial charge on any atom is 0.252 e. The van der Waals surface area contributed by atoms with Crippen LogP contribution < -0.4 is 5.32 Å². The highest BCUT2D eigenvalue weighted by atomic mass is 19.1. The van der Waals surface area contributed by atoms with E-state index in [1.165, 1.54) is 12.1 Å². The average molecular weight is 526 g/mol. The van der Waals surface area contributed by atoms with Crippen LogP contribution in [0.25, 0.3) is 0 Å². The first-order valence-electron chi connectivity index (χ1n) is 12.9. The summed E-state index contributed by atoms with van der Waals surface area (Å²) in [7, 11) is 3.87. The quantitative estimate of drug-likeness (QED) is 0.507. The molecule has 4 rings (SSSR count). The van der Waals surface area contributed by atoms with Gasteiger partial charge in [-0.1, -0.05) is 30.3 Å². The molecule has 0 unspecified atom stereocenters. The number of nitrogens with zero attached hydrogens (tertiary/aromatic N) is 2. The Balaban J connectivity index is 1.61. The largest absolute Gasteiger partial charge is 0.371 e. The van der Waals surface area contributed by atoms with Gasteiger partial charge in [-0.2, -0.15) is 5.26 Å². The van der Waals surface area contributed by atoms with Gasteiger partial charge in [0.05, 0.1) is 37.1 Å². The number of halogens is 1. The molecule has 2 aromatic rings. The molecular formula is C29H36FN3O5. The zero-order valence-electron chi connectivity index (χ0n) is 22.4. The molecule has 38 heavy (non-hydrogen) atoms.